The Hall–Kier alpha value is -1.43. The number of esters is 1. The molecule has 2 bridgehead atoms. The largest absolute Gasteiger partial charge is 0.469 e. The van der Waals surface area contributed by atoms with E-state index in [1.807, 2.05) is 0 Å². The maximum Gasteiger partial charge on any atom is 0.318 e. The van der Waals surface area contributed by atoms with Crippen molar-refractivity contribution in [3.8, 4) is 0 Å². The predicted octanol–water partition coefficient (Wildman–Crippen LogP) is -0.242. The minimum Gasteiger partial charge on any atom is -0.469 e. The Kier molecular flexibility index (Phi) is 1.99. The van der Waals surface area contributed by atoms with E-state index in [1.165, 1.54) is 7.11 Å². The van der Waals surface area contributed by atoms with Gasteiger partial charge >= 0.3 is 5.97 Å². The van der Waals surface area contributed by atoms with Gasteiger partial charge in [0.05, 0.1) is 13.2 Å². The highest BCUT2D eigenvalue weighted by molar-refractivity contribution is 5.75. The van der Waals surface area contributed by atoms with Gasteiger partial charge in [0.2, 0.25) is 0 Å². The molecule has 6 heteroatoms. The van der Waals surface area contributed by atoms with Gasteiger partial charge in [-0.15, -0.1) is 0 Å². The lowest BCUT2D eigenvalue weighted by Crippen LogP contribution is -2.41. The van der Waals surface area contributed by atoms with Crippen LogP contribution in [-0.2, 0) is 14.3 Å². The summed E-state index contributed by atoms with van der Waals surface area (Å²) in [6.45, 7) is 0. The van der Waals surface area contributed by atoms with Gasteiger partial charge in [-0.25, -0.2) is 0 Å². The Morgan fingerprint density at radius 3 is 2.71 bits per heavy atom. The van der Waals surface area contributed by atoms with E-state index in [1.54, 1.807) is 12.2 Å². The van der Waals surface area contributed by atoms with Crippen molar-refractivity contribution in [2.75, 3.05) is 7.11 Å². The van der Waals surface area contributed by atoms with Crippen molar-refractivity contribution in [2.45, 2.75) is 18.2 Å². The second kappa shape index (κ2) is 3.06. The quantitative estimate of drug-likeness (QED) is 0.265. The molecule has 0 amide bonds. The van der Waals surface area contributed by atoms with Crippen LogP contribution >= 0.6 is 0 Å². The van der Waals surface area contributed by atoms with E-state index in [4.69, 9.17) is 4.74 Å². The van der Waals surface area contributed by atoms with Crippen LogP contribution in [0, 0.1) is 16.0 Å². The van der Waals surface area contributed by atoms with Crippen molar-refractivity contribution in [3.05, 3.63) is 22.3 Å². The van der Waals surface area contributed by atoms with Crippen molar-refractivity contribution in [3.63, 3.8) is 0 Å². The van der Waals surface area contributed by atoms with Crippen LogP contribution < -0.4 is 0 Å². The van der Waals surface area contributed by atoms with Crippen molar-refractivity contribution < 1.29 is 19.2 Å². The molecule has 76 valence electrons. The summed E-state index contributed by atoms with van der Waals surface area (Å²) in [4.78, 5) is 21.5. The molecule has 14 heavy (non-hydrogen) atoms. The molecule has 6 nitrogen and oxygen atoms in total. The van der Waals surface area contributed by atoms with Gasteiger partial charge in [0, 0.05) is 4.92 Å². The summed E-state index contributed by atoms with van der Waals surface area (Å²) >= 11 is 0. The number of nitrogens with zero attached hydrogens (tertiary/aromatic N) is 1. The van der Waals surface area contributed by atoms with Gasteiger partial charge in [-0.3, -0.25) is 14.9 Å². The van der Waals surface area contributed by atoms with Crippen LogP contribution in [0.1, 0.15) is 0 Å². The monoisotopic (exact) mass is 199 g/mol. The highest BCUT2D eigenvalue weighted by atomic mass is 16.6. The molecule has 4 atom stereocenters. The number of ether oxygens (including phenoxy) is 2. The number of carbonyl (C=O) groups excluding carboxylic acids is 1. The predicted molar refractivity (Wildman–Crippen MR) is 44.1 cm³/mol. The second-order valence-electron chi connectivity index (χ2n) is 3.28. The van der Waals surface area contributed by atoms with Crippen LogP contribution in [0.4, 0.5) is 0 Å². The van der Waals surface area contributed by atoms with Gasteiger partial charge in [0.1, 0.15) is 6.10 Å². The third-order valence-electron chi connectivity index (χ3n) is 2.58. The van der Waals surface area contributed by atoms with Gasteiger partial charge in [-0.05, 0) is 0 Å². The maximum absolute atomic E-state index is 11.3. The Bertz CT molecular complexity index is 313. The van der Waals surface area contributed by atoms with E-state index in [0.29, 0.717) is 0 Å². The topological polar surface area (TPSA) is 78.7 Å². The fourth-order valence-corrected chi connectivity index (χ4v) is 1.95. The van der Waals surface area contributed by atoms with Crippen LogP contribution in [-0.4, -0.2) is 36.3 Å². The normalized spacial score (nSPS) is 38.6. The summed E-state index contributed by atoms with van der Waals surface area (Å²) in [5.74, 6) is -1.38. The summed E-state index contributed by atoms with van der Waals surface area (Å²) in [6.07, 6.45) is 2.21. The lowest BCUT2D eigenvalue weighted by atomic mass is 9.89. The second-order valence-corrected chi connectivity index (χ2v) is 3.28. The molecule has 0 radical (unpaired) electrons. The number of rotatable bonds is 2. The van der Waals surface area contributed by atoms with Gasteiger partial charge in [0.15, 0.2) is 5.92 Å². The van der Waals surface area contributed by atoms with Crippen LogP contribution in [0.5, 0.6) is 0 Å². The summed E-state index contributed by atoms with van der Waals surface area (Å²) in [5.41, 5.74) is 0. The fraction of sp³-hybridized carbons (Fsp3) is 0.625. The van der Waals surface area contributed by atoms with Crippen LogP contribution in [0.15, 0.2) is 12.2 Å². The first-order chi connectivity index (χ1) is 6.65. The summed E-state index contributed by atoms with van der Waals surface area (Å²) in [7, 11) is 1.22. The van der Waals surface area contributed by atoms with E-state index in [9.17, 15) is 14.9 Å². The fourth-order valence-electron chi connectivity index (χ4n) is 1.95. The van der Waals surface area contributed by atoms with E-state index >= 15 is 0 Å². The Morgan fingerprint density at radius 1 is 1.50 bits per heavy atom. The molecule has 0 saturated carbocycles. The van der Waals surface area contributed by atoms with Crippen molar-refractivity contribution in [2.24, 2.45) is 5.92 Å². The molecule has 1 saturated heterocycles. The molecule has 0 unspecified atom stereocenters. The smallest absolute Gasteiger partial charge is 0.318 e. The highest BCUT2D eigenvalue weighted by Crippen LogP contribution is 2.36. The summed E-state index contributed by atoms with van der Waals surface area (Å²) < 4.78 is 9.74. The van der Waals surface area contributed by atoms with Gasteiger partial charge < -0.3 is 9.47 Å². The van der Waals surface area contributed by atoms with Gasteiger partial charge in [-0.2, -0.15) is 0 Å². The lowest BCUT2D eigenvalue weighted by molar-refractivity contribution is -0.530. The van der Waals surface area contributed by atoms with E-state index in [0.717, 1.165) is 0 Å². The first kappa shape index (κ1) is 9.14. The standard InChI is InChI=1S/C8H9NO5/c1-13-8(10)6-4-2-3-5(14-4)7(6)9(11)12/h2-7H,1H3/t4-,5+,6-,7-/m1/s1. The number of nitro groups is 1. The Balaban J connectivity index is 2.26. The Morgan fingerprint density at radius 2 is 2.14 bits per heavy atom. The molecular formula is C8H9NO5. The first-order valence-electron chi connectivity index (χ1n) is 4.20. The average molecular weight is 199 g/mol. The molecule has 0 aliphatic carbocycles. The van der Waals surface area contributed by atoms with Crippen LogP contribution in [0.3, 0.4) is 0 Å². The number of hydrogen-bond acceptors (Lipinski definition) is 5. The molecule has 2 rings (SSSR count). The van der Waals surface area contributed by atoms with Crippen LogP contribution in [0.2, 0.25) is 0 Å². The zero-order valence-electron chi connectivity index (χ0n) is 7.45. The number of methoxy groups -OCH3 is 1. The van der Waals surface area contributed by atoms with E-state index < -0.39 is 35.1 Å². The SMILES string of the molecule is COC(=O)[C@H]1[C@H]([N+](=O)[O-])[C@@H]2C=C[C@H]1O2. The third kappa shape index (κ3) is 1.11. The van der Waals surface area contributed by atoms with E-state index in [2.05, 4.69) is 4.74 Å². The maximum atomic E-state index is 11.3. The van der Waals surface area contributed by atoms with E-state index in [-0.39, 0.29) is 0 Å². The van der Waals surface area contributed by atoms with Crippen molar-refractivity contribution >= 4 is 5.97 Å². The minimum absolute atomic E-state index is 0.476. The minimum atomic E-state index is -1.00. The highest BCUT2D eigenvalue weighted by Gasteiger charge is 2.57. The molecule has 2 aliphatic rings. The summed E-state index contributed by atoms with van der Waals surface area (Å²) in [6, 6.07) is -1.00. The number of carbonyl (C=O) groups is 1. The van der Waals surface area contributed by atoms with Crippen molar-refractivity contribution in [1.29, 1.82) is 0 Å². The molecule has 2 aliphatic heterocycles. The van der Waals surface area contributed by atoms with Crippen LogP contribution in [0.25, 0.3) is 0 Å². The lowest BCUT2D eigenvalue weighted by Gasteiger charge is -2.15. The number of fused-ring (bicyclic) bond motifs is 2. The van der Waals surface area contributed by atoms with Gasteiger partial charge in [0.25, 0.3) is 6.04 Å². The number of hydrogen-bond donors (Lipinski definition) is 0. The Labute approximate surface area is 79.6 Å². The molecule has 0 spiro atoms. The molecule has 0 N–H and O–H groups in total. The zero-order valence-corrected chi connectivity index (χ0v) is 7.45. The van der Waals surface area contributed by atoms with Gasteiger partial charge in [-0.1, -0.05) is 12.2 Å². The average Bonchev–Trinajstić information content (AvgIpc) is 2.74. The molecule has 2 heterocycles. The molecule has 0 aromatic heterocycles. The third-order valence-corrected chi connectivity index (χ3v) is 2.58. The van der Waals surface area contributed by atoms with Crippen molar-refractivity contribution in [1.82, 2.24) is 0 Å². The summed E-state index contributed by atoms with van der Waals surface area (Å²) in [5, 5.41) is 10.7. The zero-order chi connectivity index (χ0) is 10.3. The molecule has 0 aromatic rings. The molecule has 1 fully saturated rings. The molecule has 0 aromatic carbocycles. The first-order valence-corrected chi connectivity index (χ1v) is 4.20. The molecular weight excluding hydrogens is 190 g/mol.